The van der Waals surface area contributed by atoms with Crippen LogP contribution in [-0.4, -0.2) is 27.9 Å². The third-order valence-electron chi connectivity index (χ3n) is 6.53. The SMILES string of the molecule is CCOc1cc(/C=N\Nc2ncnc3sc4c(c23)C[C@@H](C(C)(C)CC)CC4)ccc1O. The molecule has 3 aromatic rings. The summed E-state index contributed by atoms with van der Waals surface area (Å²) >= 11 is 1.79. The predicted octanol–water partition coefficient (Wildman–Crippen LogP) is 5.78. The van der Waals surface area contributed by atoms with Gasteiger partial charge in [0.15, 0.2) is 17.3 Å². The van der Waals surface area contributed by atoms with Gasteiger partial charge in [0.2, 0.25) is 0 Å². The molecule has 0 bridgehead atoms. The van der Waals surface area contributed by atoms with E-state index in [2.05, 4.69) is 41.3 Å². The van der Waals surface area contributed by atoms with Crippen molar-refractivity contribution >= 4 is 33.6 Å². The molecule has 2 aromatic heterocycles. The Morgan fingerprint density at radius 1 is 1.32 bits per heavy atom. The lowest BCUT2D eigenvalue weighted by molar-refractivity contribution is 0.184. The van der Waals surface area contributed by atoms with Crippen LogP contribution in [0.15, 0.2) is 29.6 Å². The van der Waals surface area contributed by atoms with Crippen LogP contribution in [0.25, 0.3) is 10.2 Å². The molecule has 2 N–H and O–H groups in total. The van der Waals surface area contributed by atoms with Crippen LogP contribution in [0.1, 0.15) is 56.5 Å². The number of ether oxygens (including phenoxy) is 1. The Bertz CT molecular complexity index is 1110. The summed E-state index contributed by atoms with van der Waals surface area (Å²) in [7, 11) is 0. The molecular formula is C24H30N4O2S. The molecule has 0 saturated carbocycles. The minimum Gasteiger partial charge on any atom is -0.504 e. The molecule has 1 atom stereocenters. The van der Waals surface area contributed by atoms with Crippen molar-refractivity contribution in [2.45, 2.75) is 53.4 Å². The van der Waals surface area contributed by atoms with E-state index in [1.54, 1.807) is 42.1 Å². The Morgan fingerprint density at radius 2 is 2.16 bits per heavy atom. The molecule has 7 heteroatoms. The Balaban J connectivity index is 1.60. The number of phenols is 1. The minimum atomic E-state index is 0.124. The predicted molar refractivity (Wildman–Crippen MR) is 127 cm³/mol. The molecule has 31 heavy (non-hydrogen) atoms. The number of anilines is 1. The summed E-state index contributed by atoms with van der Waals surface area (Å²) in [5.74, 6) is 1.98. The summed E-state index contributed by atoms with van der Waals surface area (Å²) in [6.07, 6.45) is 7.90. The largest absolute Gasteiger partial charge is 0.504 e. The second-order valence-corrected chi connectivity index (χ2v) is 9.80. The van der Waals surface area contributed by atoms with Gasteiger partial charge < -0.3 is 9.84 Å². The van der Waals surface area contributed by atoms with Crippen LogP contribution in [0, 0.1) is 11.3 Å². The van der Waals surface area contributed by atoms with Crippen molar-refractivity contribution in [1.29, 1.82) is 0 Å². The Hall–Kier alpha value is -2.67. The number of phenolic OH excluding ortho intramolecular Hbond substituents is 1. The summed E-state index contributed by atoms with van der Waals surface area (Å²) in [5, 5.41) is 15.4. The first-order valence-corrected chi connectivity index (χ1v) is 11.7. The van der Waals surface area contributed by atoms with Gasteiger partial charge in [-0.1, -0.05) is 27.2 Å². The summed E-state index contributed by atoms with van der Waals surface area (Å²) in [4.78, 5) is 11.5. The standard InChI is InChI=1S/C24H30N4O2S/c1-5-24(3,4)16-8-10-20-17(12-16)21-22(25-14-26-23(21)31-20)28-27-13-15-7-9-18(29)19(11-15)30-6-2/h7,9,11,13-14,16,29H,5-6,8,10,12H2,1-4H3,(H,25,26,28)/b27-13-/t16-/m0/s1. The molecule has 0 amide bonds. The van der Waals surface area contributed by atoms with Gasteiger partial charge in [0.25, 0.3) is 0 Å². The molecule has 6 nitrogen and oxygen atoms in total. The van der Waals surface area contributed by atoms with Crippen molar-refractivity contribution < 1.29 is 9.84 Å². The van der Waals surface area contributed by atoms with Crippen molar-refractivity contribution in [3.05, 3.63) is 40.5 Å². The van der Waals surface area contributed by atoms with Gasteiger partial charge in [-0.25, -0.2) is 9.97 Å². The van der Waals surface area contributed by atoms with Crippen LogP contribution in [0.4, 0.5) is 5.82 Å². The number of nitrogens with zero attached hydrogens (tertiary/aromatic N) is 3. The second kappa shape index (κ2) is 8.83. The van der Waals surface area contributed by atoms with E-state index < -0.39 is 0 Å². The van der Waals surface area contributed by atoms with Crippen molar-refractivity contribution in [3.8, 4) is 11.5 Å². The summed E-state index contributed by atoms with van der Waals surface area (Å²) in [6, 6.07) is 5.17. The molecule has 0 fully saturated rings. The average molecular weight is 439 g/mol. The Morgan fingerprint density at radius 3 is 2.94 bits per heavy atom. The highest BCUT2D eigenvalue weighted by Gasteiger charge is 2.33. The topological polar surface area (TPSA) is 79.6 Å². The highest BCUT2D eigenvalue weighted by atomic mass is 32.1. The molecule has 0 unspecified atom stereocenters. The fourth-order valence-electron chi connectivity index (χ4n) is 4.20. The van der Waals surface area contributed by atoms with Crippen LogP contribution in [0.3, 0.4) is 0 Å². The number of nitrogens with one attached hydrogen (secondary N) is 1. The first kappa shape index (κ1) is 21.6. The lowest BCUT2D eigenvalue weighted by atomic mass is 9.69. The number of rotatable bonds is 7. The molecule has 1 aliphatic carbocycles. The van der Waals surface area contributed by atoms with E-state index in [0.29, 0.717) is 23.7 Å². The van der Waals surface area contributed by atoms with Gasteiger partial charge in [0.1, 0.15) is 11.2 Å². The summed E-state index contributed by atoms with van der Waals surface area (Å²) < 4.78 is 5.45. The maximum atomic E-state index is 9.87. The number of hydrogen-bond donors (Lipinski definition) is 2. The van der Waals surface area contributed by atoms with E-state index in [1.165, 1.54) is 23.3 Å². The quantitative estimate of drug-likeness (QED) is 0.361. The molecular weight excluding hydrogens is 408 g/mol. The van der Waals surface area contributed by atoms with E-state index in [9.17, 15) is 5.11 Å². The molecule has 4 rings (SSSR count). The van der Waals surface area contributed by atoms with Gasteiger partial charge in [0, 0.05) is 4.88 Å². The van der Waals surface area contributed by atoms with Gasteiger partial charge >= 0.3 is 0 Å². The molecule has 1 aromatic carbocycles. The third kappa shape index (κ3) is 4.37. The van der Waals surface area contributed by atoms with Crippen molar-refractivity contribution in [2.24, 2.45) is 16.4 Å². The smallest absolute Gasteiger partial charge is 0.161 e. The number of aromatic nitrogens is 2. The number of hydrazone groups is 1. The monoisotopic (exact) mass is 438 g/mol. The van der Waals surface area contributed by atoms with Crippen LogP contribution in [-0.2, 0) is 12.8 Å². The lowest BCUT2D eigenvalue weighted by Crippen LogP contribution is -2.28. The number of fused-ring (bicyclic) bond motifs is 3. The number of thiophene rings is 1. The van der Waals surface area contributed by atoms with E-state index >= 15 is 0 Å². The van der Waals surface area contributed by atoms with Crippen molar-refractivity contribution in [2.75, 3.05) is 12.0 Å². The molecule has 1 aliphatic rings. The highest BCUT2D eigenvalue weighted by molar-refractivity contribution is 7.19. The third-order valence-corrected chi connectivity index (χ3v) is 7.73. The van der Waals surface area contributed by atoms with E-state index in [0.717, 1.165) is 34.4 Å². The van der Waals surface area contributed by atoms with E-state index in [-0.39, 0.29) is 5.75 Å². The maximum Gasteiger partial charge on any atom is 0.161 e. The van der Waals surface area contributed by atoms with Gasteiger partial charge in [0.05, 0.1) is 18.2 Å². The summed E-state index contributed by atoms with van der Waals surface area (Å²) in [5.41, 5.74) is 5.67. The van der Waals surface area contributed by atoms with Crippen LogP contribution >= 0.6 is 11.3 Å². The molecule has 0 spiro atoms. The summed E-state index contributed by atoms with van der Waals surface area (Å²) in [6.45, 7) is 9.42. The average Bonchev–Trinajstić information content (AvgIpc) is 3.15. The van der Waals surface area contributed by atoms with Crippen molar-refractivity contribution in [1.82, 2.24) is 9.97 Å². The van der Waals surface area contributed by atoms with Crippen molar-refractivity contribution in [3.63, 3.8) is 0 Å². The van der Waals surface area contributed by atoms with E-state index in [1.807, 2.05) is 6.92 Å². The van der Waals surface area contributed by atoms with Gasteiger partial charge in [-0.05, 0) is 66.8 Å². The zero-order chi connectivity index (χ0) is 22.0. The molecule has 164 valence electrons. The van der Waals surface area contributed by atoms with Crippen LogP contribution < -0.4 is 10.2 Å². The molecule has 0 aliphatic heterocycles. The normalized spacial score (nSPS) is 16.6. The maximum absolute atomic E-state index is 9.87. The zero-order valence-electron chi connectivity index (χ0n) is 18.6. The number of benzene rings is 1. The lowest BCUT2D eigenvalue weighted by Gasteiger charge is -2.36. The van der Waals surface area contributed by atoms with Crippen LogP contribution in [0.5, 0.6) is 11.5 Å². The Kier molecular flexibility index (Phi) is 6.14. The van der Waals surface area contributed by atoms with Gasteiger partial charge in [-0.15, -0.1) is 11.3 Å². The minimum absolute atomic E-state index is 0.124. The second-order valence-electron chi connectivity index (χ2n) is 8.72. The number of aryl methyl sites for hydroxylation is 1. The number of hydrogen-bond acceptors (Lipinski definition) is 7. The molecule has 0 saturated heterocycles. The van der Waals surface area contributed by atoms with Gasteiger partial charge in [-0.2, -0.15) is 5.10 Å². The van der Waals surface area contributed by atoms with E-state index in [4.69, 9.17) is 4.74 Å². The first-order chi connectivity index (χ1) is 14.9. The van der Waals surface area contributed by atoms with Gasteiger partial charge in [-0.3, -0.25) is 5.43 Å². The molecule has 2 heterocycles. The zero-order valence-corrected chi connectivity index (χ0v) is 19.4. The fraction of sp³-hybridized carbons (Fsp3) is 0.458. The fourth-order valence-corrected chi connectivity index (χ4v) is 5.38. The number of aromatic hydroxyl groups is 1. The Labute approximate surface area is 187 Å². The molecule has 0 radical (unpaired) electrons. The first-order valence-electron chi connectivity index (χ1n) is 10.9. The van der Waals surface area contributed by atoms with Crippen LogP contribution in [0.2, 0.25) is 0 Å². The highest BCUT2D eigenvalue weighted by Crippen LogP contribution is 2.45.